The third-order valence-corrected chi connectivity index (χ3v) is 1.29. The van der Waals surface area contributed by atoms with E-state index >= 15 is 0 Å². The lowest BCUT2D eigenvalue weighted by Gasteiger charge is -2.09. The van der Waals surface area contributed by atoms with Crippen LogP contribution in [0.5, 0.6) is 0 Å². The second-order valence-electron chi connectivity index (χ2n) is 1.54. The van der Waals surface area contributed by atoms with Crippen molar-refractivity contribution in [3.63, 3.8) is 0 Å². The zero-order valence-electron chi connectivity index (χ0n) is 5.40. The van der Waals surface area contributed by atoms with E-state index in [-0.39, 0.29) is 0 Å². The first-order valence-electron chi connectivity index (χ1n) is 2.29. The van der Waals surface area contributed by atoms with Crippen LogP contribution in [0.3, 0.4) is 0 Å². The van der Waals surface area contributed by atoms with Gasteiger partial charge in [-0.15, -0.1) is 8.78 Å². The van der Waals surface area contributed by atoms with E-state index in [2.05, 4.69) is 4.74 Å². The molecule has 78 valence electrons. The molecule has 0 aliphatic heterocycles. The van der Waals surface area contributed by atoms with E-state index in [1.807, 2.05) is 0 Å². The lowest BCUT2D eigenvalue weighted by atomic mass is 11.0. The minimum Gasteiger partial charge on any atom is -0.388 e. The molecule has 0 atom stereocenters. The fourth-order valence-corrected chi connectivity index (χ4v) is 0.365. The third-order valence-electron chi connectivity index (χ3n) is 0.641. The fraction of sp³-hybridized carbons (Fsp3) is 0.333. The Labute approximate surface area is 67.8 Å². The van der Waals surface area contributed by atoms with Crippen LogP contribution in [0.25, 0.3) is 0 Å². The molecular formula is C3F6O3S. The van der Waals surface area contributed by atoms with Crippen LogP contribution in [0.2, 0.25) is 0 Å². The van der Waals surface area contributed by atoms with Crippen molar-refractivity contribution in [2.45, 2.75) is 5.44 Å². The van der Waals surface area contributed by atoms with E-state index in [0.29, 0.717) is 0 Å². The highest BCUT2D eigenvalue weighted by Crippen LogP contribution is 2.29. The molecule has 0 spiro atoms. The second-order valence-corrected chi connectivity index (χ2v) is 2.89. The maximum absolute atomic E-state index is 11.7. The van der Waals surface area contributed by atoms with E-state index in [9.17, 15) is 34.3 Å². The molecule has 0 radical (unpaired) electrons. The number of hydrogen-bond donors (Lipinski definition) is 0. The highest BCUT2D eigenvalue weighted by molar-refractivity contribution is 7.87. The molecule has 0 aromatic heterocycles. The van der Waals surface area contributed by atoms with Crippen LogP contribution >= 0.6 is 0 Å². The Morgan fingerprint density at radius 2 is 1.54 bits per heavy atom. The summed E-state index contributed by atoms with van der Waals surface area (Å²) in [6, 6.07) is -3.16. The molecule has 0 heterocycles. The van der Waals surface area contributed by atoms with Gasteiger partial charge in [0.05, 0.1) is 0 Å². The van der Waals surface area contributed by atoms with Gasteiger partial charge in [0.25, 0.3) is 0 Å². The normalized spacial score (nSPS) is 12.5. The highest BCUT2D eigenvalue weighted by atomic mass is 32.3. The van der Waals surface area contributed by atoms with Crippen molar-refractivity contribution in [1.82, 2.24) is 0 Å². The molecular weight excluding hydrogens is 230 g/mol. The summed E-state index contributed by atoms with van der Waals surface area (Å²) >= 11 is 0. The molecule has 0 fully saturated rings. The SMILES string of the molecule is O=S(=O)(F)C(F)(F)OC(F)=C(F)F. The lowest BCUT2D eigenvalue weighted by molar-refractivity contribution is -0.163. The van der Waals surface area contributed by atoms with Gasteiger partial charge in [0, 0.05) is 0 Å². The first-order chi connectivity index (χ1) is 5.58. The summed E-state index contributed by atoms with van der Waals surface area (Å²) in [5.41, 5.74) is -5.67. The fourth-order valence-electron chi connectivity index (χ4n) is 0.193. The van der Waals surface area contributed by atoms with Gasteiger partial charge in [-0.05, 0) is 0 Å². The standard InChI is InChI=1S/C3F6O3S/c4-1(5)2(6)12-3(7,8)13(9,10)11. The highest BCUT2D eigenvalue weighted by Gasteiger charge is 2.51. The maximum Gasteiger partial charge on any atom is 0.540 e. The number of rotatable bonds is 3. The molecule has 0 saturated carbocycles. The Hall–Kier alpha value is -0.930. The molecule has 0 aliphatic rings. The van der Waals surface area contributed by atoms with Crippen LogP contribution in [0.1, 0.15) is 0 Å². The number of halogens is 6. The van der Waals surface area contributed by atoms with Crippen molar-refractivity contribution in [2.24, 2.45) is 0 Å². The van der Waals surface area contributed by atoms with Crippen molar-refractivity contribution in [1.29, 1.82) is 0 Å². The van der Waals surface area contributed by atoms with Crippen molar-refractivity contribution in [3.05, 3.63) is 12.1 Å². The molecule has 0 aromatic rings. The summed E-state index contributed by atoms with van der Waals surface area (Å²) in [7, 11) is -6.59. The van der Waals surface area contributed by atoms with Crippen LogP contribution < -0.4 is 0 Å². The average Bonchev–Trinajstić information content (AvgIpc) is 1.83. The Morgan fingerprint density at radius 3 is 1.77 bits per heavy atom. The smallest absolute Gasteiger partial charge is 0.388 e. The molecule has 0 unspecified atom stereocenters. The van der Waals surface area contributed by atoms with Gasteiger partial charge in [-0.25, -0.2) is 0 Å². The number of alkyl halides is 2. The zero-order valence-corrected chi connectivity index (χ0v) is 6.22. The quantitative estimate of drug-likeness (QED) is 0.422. The summed E-state index contributed by atoms with van der Waals surface area (Å²) in [6.07, 6.45) is -3.33. The summed E-state index contributed by atoms with van der Waals surface area (Å²) in [6.45, 7) is 0. The second kappa shape index (κ2) is 3.44. The number of hydrogen-bond acceptors (Lipinski definition) is 3. The Balaban J connectivity index is 4.84. The molecule has 0 saturated heterocycles. The van der Waals surface area contributed by atoms with Crippen molar-refractivity contribution in [2.75, 3.05) is 0 Å². The minimum absolute atomic E-state index is 2.23. The molecule has 3 nitrogen and oxygen atoms in total. The summed E-state index contributed by atoms with van der Waals surface area (Å²) in [5, 5.41) is 0. The van der Waals surface area contributed by atoms with Gasteiger partial charge < -0.3 is 4.74 Å². The van der Waals surface area contributed by atoms with Gasteiger partial charge in [0.15, 0.2) is 0 Å². The van der Waals surface area contributed by atoms with E-state index in [4.69, 9.17) is 0 Å². The van der Waals surface area contributed by atoms with Crippen molar-refractivity contribution < 1.29 is 39.0 Å². The van der Waals surface area contributed by atoms with Gasteiger partial charge in [-0.3, -0.25) is 0 Å². The van der Waals surface area contributed by atoms with Crippen molar-refractivity contribution in [3.8, 4) is 0 Å². The van der Waals surface area contributed by atoms with Crippen LogP contribution in [-0.2, 0) is 15.0 Å². The zero-order chi connectivity index (χ0) is 10.9. The van der Waals surface area contributed by atoms with Gasteiger partial charge in [0.1, 0.15) is 0 Å². The molecule has 0 amide bonds. The van der Waals surface area contributed by atoms with E-state index < -0.39 is 27.8 Å². The molecule has 10 heteroatoms. The molecule has 0 rings (SSSR count). The van der Waals surface area contributed by atoms with E-state index in [0.717, 1.165) is 0 Å². The molecule has 13 heavy (non-hydrogen) atoms. The predicted octanol–water partition coefficient (Wildman–Crippen LogP) is 1.89. The Kier molecular flexibility index (Phi) is 3.19. The summed E-state index contributed by atoms with van der Waals surface area (Å²) < 4.78 is 89.8. The minimum atomic E-state index is -6.59. The summed E-state index contributed by atoms with van der Waals surface area (Å²) in [5.74, 6) is 0. The molecule has 0 aliphatic carbocycles. The molecule has 0 N–H and O–H groups in total. The van der Waals surface area contributed by atoms with Crippen LogP contribution in [0.4, 0.5) is 25.8 Å². The van der Waals surface area contributed by atoms with Gasteiger partial charge in [-0.1, -0.05) is 3.89 Å². The van der Waals surface area contributed by atoms with Crippen LogP contribution in [0.15, 0.2) is 12.1 Å². The van der Waals surface area contributed by atoms with E-state index in [1.54, 1.807) is 0 Å². The first-order valence-corrected chi connectivity index (χ1v) is 3.68. The van der Waals surface area contributed by atoms with Gasteiger partial charge in [-0.2, -0.15) is 21.6 Å². The topological polar surface area (TPSA) is 43.4 Å². The van der Waals surface area contributed by atoms with Crippen molar-refractivity contribution >= 4 is 10.2 Å². The first kappa shape index (κ1) is 12.1. The average molecular weight is 230 g/mol. The molecule has 0 bridgehead atoms. The maximum atomic E-state index is 11.7. The van der Waals surface area contributed by atoms with Gasteiger partial charge >= 0.3 is 27.8 Å². The molecule has 0 aromatic carbocycles. The number of ether oxygens (including phenoxy) is 1. The predicted molar refractivity (Wildman–Crippen MR) is 26.4 cm³/mol. The van der Waals surface area contributed by atoms with E-state index in [1.165, 1.54) is 0 Å². The third kappa shape index (κ3) is 3.13. The Morgan fingerprint density at radius 1 is 1.15 bits per heavy atom. The lowest BCUT2D eigenvalue weighted by Crippen LogP contribution is -2.28. The Bertz CT molecular complexity index is 314. The van der Waals surface area contributed by atoms with Crippen LogP contribution in [-0.4, -0.2) is 13.9 Å². The van der Waals surface area contributed by atoms with Crippen LogP contribution in [0, 0.1) is 0 Å². The summed E-state index contributed by atoms with van der Waals surface area (Å²) in [4.78, 5) is 0. The van der Waals surface area contributed by atoms with Gasteiger partial charge in [0.2, 0.25) is 0 Å². The monoisotopic (exact) mass is 230 g/mol. The largest absolute Gasteiger partial charge is 0.540 e.